The van der Waals surface area contributed by atoms with E-state index in [-0.39, 0.29) is 11.3 Å². The molecular weight excluding hydrogens is 262 g/mol. The first-order valence-electron chi connectivity index (χ1n) is 7.38. The van der Waals surface area contributed by atoms with Crippen molar-refractivity contribution in [1.29, 1.82) is 0 Å². The Hall–Kier alpha value is -2.03. The third-order valence-electron chi connectivity index (χ3n) is 4.59. The summed E-state index contributed by atoms with van der Waals surface area (Å²) in [4.78, 5) is 11.3. The van der Waals surface area contributed by atoms with Gasteiger partial charge in [0.15, 0.2) is 0 Å². The van der Waals surface area contributed by atoms with Gasteiger partial charge in [-0.2, -0.15) is 0 Å². The first kappa shape index (κ1) is 13.9. The Morgan fingerprint density at radius 2 is 2.10 bits per heavy atom. The van der Waals surface area contributed by atoms with Gasteiger partial charge in [-0.25, -0.2) is 0 Å². The fourth-order valence-corrected chi connectivity index (χ4v) is 3.42. The maximum Gasteiger partial charge on any atom is 0.216 e. The zero-order valence-electron chi connectivity index (χ0n) is 12.8. The summed E-state index contributed by atoms with van der Waals surface area (Å²) in [5.74, 6) is 0.909. The Morgan fingerprint density at radius 1 is 1.33 bits per heavy atom. The van der Waals surface area contributed by atoms with Gasteiger partial charge >= 0.3 is 0 Å². The molecule has 0 saturated heterocycles. The lowest BCUT2D eigenvalue weighted by atomic mass is 9.81. The van der Waals surface area contributed by atoms with Crippen molar-refractivity contribution in [2.75, 3.05) is 13.7 Å². The number of carbonyl (C=O) groups is 1. The van der Waals surface area contributed by atoms with E-state index in [1.807, 2.05) is 6.07 Å². The van der Waals surface area contributed by atoms with Gasteiger partial charge < -0.3 is 10.1 Å². The van der Waals surface area contributed by atoms with Crippen LogP contribution in [0.15, 0.2) is 30.3 Å². The van der Waals surface area contributed by atoms with E-state index in [9.17, 15) is 4.79 Å². The molecule has 2 aromatic carbocycles. The average molecular weight is 283 g/mol. The Balaban J connectivity index is 2.14. The van der Waals surface area contributed by atoms with Gasteiger partial charge in [0.05, 0.1) is 7.11 Å². The summed E-state index contributed by atoms with van der Waals surface area (Å²) in [7, 11) is 1.70. The molecular formula is C18H21NO2. The van der Waals surface area contributed by atoms with E-state index in [0.717, 1.165) is 18.6 Å². The van der Waals surface area contributed by atoms with E-state index in [1.54, 1.807) is 14.0 Å². The number of benzene rings is 2. The predicted octanol–water partition coefficient (Wildman–Crippen LogP) is 3.19. The normalized spacial score (nSPS) is 20.3. The van der Waals surface area contributed by atoms with Crippen molar-refractivity contribution in [2.45, 2.75) is 32.1 Å². The Morgan fingerprint density at radius 3 is 2.81 bits per heavy atom. The highest BCUT2D eigenvalue weighted by atomic mass is 16.5. The molecule has 3 rings (SSSR count). The Labute approximate surface area is 125 Å². The lowest BCUT2D eigenvalue weighted by molar-refractivity contribution is -0.119. The summed E-state index contributed by atoms with van der Waals surface area (Å²) in [5.41, 5.74) is 2.75. The third kappa shape index (κ3) is 2.37. The first-order valence-corrected chi connectivity index (χ1v) is 7.38. The highest BCUT2D eigenvalue weighted by Gasteiger charge is 2.35. The maximum absolute atomic E-state index is 11.3. The molecule has 0 aliphatic heterocycles. The number of carbonyl (C=O) groups excluding carboxylic acids is 1. The molecule has 3 nitrogen and oxygen atoms in total. The summed E-state index contributed by atoms with van der Waals surface area (Å²) >= 11 is 0. The number of ether oxygens (including phenoxy) is 1. The second-order valence-corrected chi connectivity index (χ2v) is 6.16. The van der Waals surface area contributed by atoms with Crippen LogP contribution in [-0.2, 0) is 16.6 Å². The number of methoxy groups -OCH3 is 1. The molecule has 1 aliphatic rings. The molecule has 2 aromatic rings. The van der Waals surface area contributed by atoms with Crippen LogP contribution in [0.4, 0.5) is 0 Å². The number of amides is 1. The molecule has 0 bridgehead atoms. The van der Waals surface area contributed by atoms with Crippen molar-refractivity contribution in [3.8, 4) is 5.75 Å². The van der Waals surface area contributed by atoms with E-state index >= 15 is 0 Å². The topological polar surface area (TPSA) is 38.3 Å². The van der Waals surface area contributed by atoms with Crippen LogP contribution >= 0.6 is 0 Å². The van der Waals surface area contributed by atoms with Crippen LogP contribution in [0.25, 0.3) is 10.8 Å². The van der Waals surface area contributed by atoms with Gasteiger partial charge in [0.2, 0.25) is 5.91 Å². The largest absolute Gasteiger partial charge is 0.497 e. The van der Waals surface area contributed by atoms with Crippen molar-refractivity contribution in [2.24, 2.45) is 0 Å². The molecule has 3 heteroatoms. The average Bonchev–Trinajstić information content (AvgIpc) is 2.83. The zero-order valence-corrected chi connectivity index (χ0v) is 12.8. The molecule has 0 radical (unpaired) electrons. The van der Waals surface area contributed by atoms with E-state index in [4.69, 9.17) is 4.74 Å². The molecule has 21 heavy (non-hydrogen) atoms. The molecule has 1 aliphatic carbocycles. The van der Waals surface area contributed by atoms with Crippen molar-refractivity contribution < 1.29 is 9.53 Å². The van der Waals surface area contributed by atoms with E-state index in [0.29, 0.717) is 6.54 Å². The van der Waals surface area contributed by atoms with Crippen molar-refractivity contribution in [1.82, 2.24) is 5.32 Å². The quantitative estimate of drug-likeness (QED) is 0.939. The summed E-state index contributed by atoms with van der Waals surface area (Å²) in [5, 5.41) is 5.47. The maximum atomic E-state index is 11.3. The molecule has 1 atom stereocenters. The van der Waals surface area contributed by atoms with Crippen LogP contribution in [0.1, 0.15) is 31.4 Å². The number of nitrogens with one attached hydrogen (secondary N) is 1. The second kappa shape index (κ2) is 5.06. The zero-order chi connectivity index (χ0) is 15.0. The molecule has 0 saturated carbocycles. The van der Waals surface area contributed by atoms with Gasteiger partial charge in [-0.05, 0) is 46.9 Å². The van der Waals surface area contributed by atoms with Crippen LogP contribution in [0.3, 0.4) is 0 Å². The number of hydrogen-bond acceptors (Lipinski definition) is 2. The van der Waals surface area contributed by atoms with Crippen molar-refractivity contribution in [3.63, 3.8) is 0 Å². The highest BCUT2D eigenvalue weighted by molar-refractivity contribution is 5.90. The monoisotopic (exact) mass is 283 g/mol. The van der Waals surface area contributed by atoms with Gasteiger partial charge in [0.1, 0.15) is 5.75 Å². The second-order valence-electron chi connectivity index (χ2n) is 6.16. The minimum atomic E-state index is -0.00707. The van der Waals surface area contributed by atoms with Gasteiger partial charge in [-0.1, -0.05) is 25.1 Å². The molecule has 0 spiro atoms. The molecule has 1 unspecified atom stereocenters. The fraction of sp³-hybridized carbons (Fsp3) is 0.389. The molecule has 1 amide bonds. The van der Waals surface area contributed by atoms with E-state index in [1.165, 1.54) is 21.9 Å². The van der Waals surface area contributed by atoms with Crippen LogP contribution in [0.2, 0.25) is 0 Å². The lowest BCUT2D eigenvalue weighted by Crippen LogP contribution is -2.36. The fourth-order valence-electron chi connectivity index (χ4n) is 3.42. The highest BCUT2D eigenvalue weighted by Crippen LogP contribution is 2.43. The van der Waals surface area contributed by atoms with Crippen LogP contribution in [-0.4, -0.2) is 19.6 Å². The van der Waals surface area contributed by atoms with Crippen molar-refractivity contribution in [3.05, 3.63) is 41.5 Å². The molecule has 110 valence electrons. The lowest BCUT2D eigenvalue weighted by Gasteiger charge is -2.27. The van der Waals surface area contributed by atoms with Gasteiger partial charge in [-0.15, -0.1) is 0 Å². The molecule has 0 heterocycles. The number of hydrogen-bond donors (Lipinski definition) is 1. The summed E-state index contributed by atoms with van der Waals surface area (Å²) < 4.78 is 5.38. The summed E-state index contributed by atoms with van der Waals surface area (Å²) in [6, 6.07) is 10.6. The molecule has 0 fully saturated rings. The van der Waals surface area contributed by atoms with Gasteiger partial charge in [0, 0.05) is 18.9 Å². The number of rotatable bonds is 3. The minimum Gasteiger partial charge on any atom is -0.497 e. The molecule has 1 N–H and O–H groups in total. The first-order chi connectivity index (χ1) is 10.0. The third-order valence-corrected chi connectivity index (χ3v) is 4.59. The SMILES string of the molecule is COc1ccc2ccc3c(c2c1)C(C)(CNC(C)=O)CC3. The van der Waals surface area contributed by atoms with Gasteiger partial charge in [-0.3, -0.25) is 4.79 Å². The van der Waals surface area contributed by atoms with Gasteiger partial charge in [0.25, 0.3) is 0 Å². The standard InChI is InChI=1S/C18H21NO2/c1-12(20)19-11-18(2)9-8-14-5-4-13-6-7-15(21-3)10-16(13)17(14)18/h4-7,10H,8-9,11H2,1-3H3,(H,19,20). The Kier molecular flexibility index (Phi) is 3.36. The summed E-state index contributed by atoms with van der Waals surface area (Å²) in [6.45, 7) is 4.50. The number of fused-ring (bicyclic) bond motifs is 3. The van der Waals surface area contributed by atoms with Crippen molar-refractivity contribution >= 4 is 16.7 Å². The Bertz CT molecular complexity index is 708. The van der Waals surface area contributed by atoms with Crippen LogP contribution < -0.4 is 10.1 Å². The predicted molar refractivity (Wildman–Crippen MR) is 84.9 cm³/mol. The summed E-state index contributed by atoms with van der Waals surface area (Å²) in [6.07, 6.45) is 2.14. The van der Waals surface area contributed by atoms with Crippen LogP contribution in [0, 0.1) is 0 Å². The number of aryl methyl sites for hydroxylation is 1. The smallest absolute Gasteiger partial charge is 0.216 e. The molecule has 0 aromatic heterocycles. The van der Waals surface area contributed by atoms with E-state index in [2.05, 4.69) is 36.5 Å². The van der Waals surface area contributed by atoms with Crippen LogP contribution in [0.5, 0.6) is 5.75 Å². The minimum absolute atomic E-state index is 0.00707. The van der Waals surface area contributed by atoms with E-state index < -0.39 is 0 Å².